The van der Waals surface area contributed by atoms with Crippen LogP contribution in [-0.2, 0) is 14.8 Å². The molecule has 0 spiro atoms. The van der Waals surface area contributed by atoms with E-state index in [1.54, 1.807) is 12.1 Å². The van der Waals surface area contributed by atoms with Crippen molar-refractivity contribution in [1.82, 2.24) is 10.0 Å². The van der Waals surface area contributed by atoms with E-state index in [1.807, 2.05) is 18.7 Å². The first-order valence-electron chi connectivity index (χ1n) is 6.59. The molecular formula is C13H20N4O3S. The molecule has 1 saturated heterocycles. The molecule has 1 fully saturated rings. The second kappa shape index (κ2) is 5.19. The minimum Gasteiger partial charge on any atom is -0.398 e. The number of rotatable bonds is 3. The Morgan fingerprint density at radius 1 is 1.38 bits per heavy atom. The van der Waals surface area contributed by atoms with Crippen LogP contribution in [0.15, 0.2) is 23.1 Å². The lowest BCUT2D eigenvalue weighted by Gasteiger charge is -2.43. The van der Waals surface area contributed by atoms with Crippen molar-refractivity contribution in [3.63, 3.8) is 0 Å². The van der Waals surface area contributed by atoms with Gasteiger partial charge in [-0.05, 0) is 39.1 Å². The van der Waals surface area contributed by atoms with Crippen LogP contribution in [0.25, 0.3) is 0 Å². The molecule has 2 rings (SSSR count). The highest BCUT2D eigenvalue weighted by Gasteiger charge is 2.37. The summed E-state index contributed by atoms with van der Waals surface area (Å²) in [6.45, 7) is 4.81. The second-order valence-electron chi connectivity index (χ2n) is 5.40. The molecular weight excluding hydrogens is 292 g/mol. The third kappa shape index (κ3) is 2.68. The lowest BCUT2D eigenvalue weighted by atomic mass is 9.98. The lowest BCUT2D eigenvalue weighted by molar-refractivity contribution is -0.126. The molecule has 116 valence electrons. The molecule has 1 amide bonds. The third-order valence-electron chi connectivity index (χ3n) is 3.71. The molecule has 0 unspecified atom stereocenters. The fourth-order valence-electron chi connectivity index (χ4n) is 2.41. The monoisotopic (exact) mass is 312 g/mol. The molecule has 0 bridgehead atoms. The molecule has 0 saturated carbocycles. The average molecular weight is 312 g/mol. The smallest absolute Gasteiger partial charge is 0.245 e. The Balaban J connectivity index is 2.43. The van der Waals surface area contributed by atoms with Gasteiger partial charge >= 0.3 is 0 Å². The Morgan fingerprint density at radius 3 is 2.62 bits per heavy atom. The Morgan fingerprint density at radius 2 is 2.05 bits per heavy atom. The van der Waals surface area contributed by atoms with Crippen LogP contribution in [0.4, 0.5) is 11.4 Å². The number of hydrogen-bond acceptors (Lipinski definition) is 5. The molecule has 8 heteroatoms. The SMILES string of the molecule is CNS(=O)(=O)c1ccc(N2CCNC(=O)C2(C)C)cc1N. The van der Waals surface area contributed by atoms with Gasteiger partial charge in [0.05, 0.1) is 5.69 Å². The van der Waals surface area contributed by atoms with Gasteiger partial charge in [-0.15, -0.1) is 0 Å². The maximum Gasteiger partial charge on any atom is 0.245 e. The summed E-state index contributed by atoms with van der Waals surface area (Å²) in [5.74, 6) is -0.0701. The topological polar surface area (TPSA) is 105 Å². The van der Waals surface area contributed by atoms with E-state index in [4.69, 9.17) is 5.73 Å². The van der Waals surface area contributed by atoms with Gasteiger partial charge in [-0.2, -0.15) is 0 Å². The van der Waals surface area contributed by atoms with Gasteiger partial charge in [0, 0.05) is 18.8 Å². The molecule has 0 atom stereocenters. The van der Waals surface area contributed by atoms with Crippen molar-refractivity contribution in [3.8, 4) is 0 Å². The maximum atomic E-state index is 12.0. The Bertz CT molecular complexity index is 670. The number of nitrogens with zero attached hydrogens (tertiary/aromatic N) is 1. The van der Waals surface area contributed by atoms with E-state index in [0.29, 0.717) is 13.1 Å². The van der Waals surface area contributed by atoms with Crippen molar-refractivity contribution >= 4 is 27.3 Å². The number of benzene rings is 1. The van der Waals surface area contributed by atoms with Crippen molar-refractivity contribution < 1.29 is 13.2 Å². The summed E-state index contributed by atoms with van der Waals surface area (Å²) >= 11 is 0. The summed E-state index contributed by atoms with van der Waals surface area (Å²) in [7, 11) is -2.25. The third-order valence-corrected chi connectivity index (χ3v) is 5.20. The first-order chi connectivity index (χ1) is 9.70. The molecule has 1 aliphatic rings. The predicted molar refractivity (Wildman–Crippen MR) is 81.5 cm³/mol. The Kier molecular flexibility index (Phi) is 3.85. The standard InChI is InChI=1S/C13H20N4O3S/c1-13(2)12(18)16-6-7-17(13)9-4-5-11(10(14)8-9)21(19,20)15-3/h4-5,8,15H,6-7,14H2,1-3H3,(H,16,18). The van der Waals surface area contributed by atoms with Crippen LogP contribution in [-0.4, -0.2) is 40.0 Å². The number of amides is 1. The quantitative estimate of drug-likeness (QED) is 0.676. The van der Waals surface area contributed by atoms with Crippen molar-refractivity contribution in [3.05, 3.63) is 18.2 Å². The van der Waals surface area contributed by atoms with E-state index < -0.39 is 15.6 Å². The number of piperazine rings is 1. The highest BCUT2D eigenvalue weighted by atomic mass is 32.2. The van der Waals surface area contributed by atoms with E-state index in [0.717, 1.165) is 5.69 Å². The summed E-state index contributed by atoms with van der Waals surface area (Å²) in [4.78, 5) is 13.9. The van der Waals surface area contributed by atoms with Gasteiger partial charge in [0.2, 0.25) is 15.9 Å². The van der Waals surface area contributed by atoms with Crippen molar-refractivity contribution in [1.29, 1.82) is 0 Å². The fraction of sp³-hybridized carbons (Fsp3) is 0.462. The summed E-state index contributed by atoms with van der Waals surface area (Å²) in [5.41, 5.74) is 6.03. The van der Waals surface area contributed by atoms with Crippen LogP contribution in [0.1, 0.15) is 13.8 Å². The number of hydrogen-bond donors (Lipinski definition) is 3. The molecule has 1 heterocycles. The maximum absolute atomic E-state index is 12.0. The van der Waals surface area contributed by atoms with E-state index in [1.165, 1.54) is 13.1 Å². The molecule has 4 N–H and O–H groups in total. The summed E-state index contributed by atoms with van der Waals surface area (Å²) < 4.78 is 25.9. The fourth-order valence-corrected chi connectivity index (χ4v) is 3.25. The van der Waals surface area contributed by atoms with E-state index in [2.05, 4.69) is 10.0 Å². The van der Waals surface area contributed by atoms with Crippen LogP contribution in [0, 0.1) is 0 Å². The van der Waals surface area contributed by atoms with Gasteiger partial charge in [0.1, 0.15) is 10.4 Å². The zero-order chi connectivity index (χ0) is 15.8. The van der Waals surface area contributed by atoms with Crippen LogP contribution in [0.5, 0.6) is 0 Å². The van der Waals surface area contributed by atoms with Gasteiger partial charge in [0.25, 0.3) is 0 Å². The highest BCUT2D eigenvalue weighted by molar-refractivity contribution is 7.89. The Hall–Kier alpha value is -1.80. The van der Waals surface area contributed by atoms with Gasteiger partial charge < -0.3 is 16.0 Å². The Labute approximate surface area is 124 Å². The van der Waals surface area contributed by atoms with Gasteiger partial charge in [-0.1, -0.05) is 0 Å². The molecule has 7 nitrogen and oxygen atoms in total. The largest absolute Gasteiger partial charge is 0.398 e. The molecule has 21 heavy (non-hydrogen) atoms. The van der Waals surface area contributed by atoms with Crippen LogP contribution >= 0.6 is 0 Å². The first-order valence-corrected chi connectivity index (χ1v) is 8.07. The van der Waals surface area contributed by atoms with E-state index in [9.17, 15) is 13.2 Å². The van der Waals surface area contributed by atoms with Crippen molar-refractivity contribution in [2.45, 2.75) is 24.3 Å². The first kappa shape index (κ1) is 15.6. The zero-order valence-electron chi connectivity index (χ0n) is 12.3. The second-order valence-corrected chi connectivity index (χ2v) is 7.25. The highest BCUT2D eigenvalue weighted by Crippen LogP contribution is 2.30. The van der Waals surface area contributed by atoms with Gasteiger partial charge in [-0.3, -0.25) is 4.79 Å². The van der Waals surface area contributed by atoms with Gasteiger partial charge in [0.15, 0.2) is 0 Å². The average Bonchev–Trinajstić information content (AvgIpc) is 2.41. The lowest BCUT2D eigenvalue weighted by Crippen LogP contribution is -2.62. The number of nitrogens with two attached hydrogens (primary N) is 1. The number of carbonyl (C=O) groups excluding carboxylic acids is 1. The van der Waals surface area contributed by atoms with Crippen molar-refractivity contribution in [2.75, 3.05) is 30.8 Å². The number of carbonyl (C=O) groups is 1. The van der Waals surface area contributed by atoms with Crippen LogP contribution < -0.4 is 20.7 Å². The molecule has 1 aromatic rings. The molecule has 0 radical (unpaired) electrons. The molecule has 1 aliphatic heterocycles. The minimum absolute atomic E-state index is 0.0352. The molecule has 1 aromatic carbocycles. The van der Waals surface area contributed by atoms with Crippen LogP contribution in [0.3, 0.4) is 0 Å². The van der Waals surface area contributed by atoms with E-state index in [-0.39, 0.29) is 16.5 Å². The van der Waals surface area contributed by atoms with Gasteiger partial charge in [-0.25, -0.2) is 13.1 Å². The number of anilines is 2. The minimum atomic E-state index is -3.59. The normalized spacial score (nSPS) is 18.4. The number of sulfonamides is 1. The van der Waals surface area contributed by atoms with E-state index >= 15 is 0 Å². The summed E-state index contributed by atoms with van der Waals surface area (Å²) in [5, 5.41) is 2.81. The molecule has 0 aromatic heterocycles. The van der Waals surface area contributed by atoms with Crippen LogP contribution in [0.2, 0.25) is 0 Å². The summed E-state index contributed by atoms with van der Waals surface area (Å²) in [6.07, 6.45) is 0. The predicted octanol–water partition coefficient (Wildman–Crippen LogP) is -0.108. The summed E-state index contributed by atoms with van der Waals surface area (Å²) in [6, 6.07) is 4.71. The zero-order valence-corrected chi connectivity index (χ0v) is 13.1. The molecule has 0 aliphatic carbocycles. The van der Waals surface area contributed by atoms with Crippen molar-refractivity contribution in [2.24, 2.45) is 0 Å². The number of nitrogen functional groups attached to an aromatic ring is 1. The number of nitrogens with one attached hydrogen (secondary N) is 2.